The van der Waals surface area contributed by atoms with Crippen LogP contribution in [0.3, 0.4) is 0 Å². The van der Waals surface area contributed by atoms with Crippen molar-refractivity contribution in [2.45, 2.75) is 6.92 Å². The number of hydrogen-bond acceptors (Lipinski definition) is 7. The van der Waals surface area contributed by atoms with Gasteiger partial charge in [0, 0.05) is 5.56 Å². The van der Waals surface area contributed by atoms with Crippen molar-refractivity contribution in [1.82, 2.24) is 15.1 Å². The lowest BCUT2D eigenvalue weighted by Crippen LogP contribution is -2.37. The van der Waals surface area contributed by atoms with Crippen LogP contribution < -0.4 is 10.1 Å². The number of rotatable bonds is 6. The number of ether oxygens (including phenoxy) is 1. The van der Waals surface area contributed by atoms with E-state index in [1.165, 1.54) is 0 Å². The molecule has 0 fully saturated rings. The van der Waals surface area contributed by atoms with Crippen LogP contribution in [0.5, 0.6) is 5.75 Å². The van der Waals surface area contributed by atoms with Crippen molar-refractivity contribution >= 4 is 23.7 Å². The van der Waals surface area contributed by atoms with E-state index in [1.54, 1.807) is 48.5 Å². The number of aromatic nitrogens is 2. The topological polar surface area (TPSA) is 115 Å². The van der Waals surface area contributed by atoms with Crippen molar-refractivity contribution < 1.29 is 23.5 Å². The first-order valence-corrected chi connectivity index (χ1v) is 8.88. The minimum atomic E-state index is -0.624. The molecule has 0 unspecified atom stereocenters. The van der Waals surface area contributed by atoms with Crippen molar-refractivity contribution in [2.24, 2.45) is 0 Å². The molecule has 0 bridgehead atoms. The number of nitrogens with zero attached hydrogens (tertiary/aromatic N) is 3. The highest BCUT2D eigenvalue weighted by molar-refractivity contribution is 6.22. The zero-order chi connectivity index (χ0) is 20.4. The quantitative estimate of drug-likeness (QED) is 0.641. The van der Waals surface area contributed by atoms with E-state index in [-0.39, 0.29) is 23.0 Å². The van der Waals surface area contributed by atoms with Crippen LogP contribution in [0.25, 0.3) is 11.5 Å². The molecule has 1 aliphatic heterocycles. The lowest BCUT2D eigenvalue weighted by Gasteiger charge is -2.12. The third kappa shape index (κ3) is 3.57. The first-order valence-electron chi connectivity index (χ1n) is 8.88. The van der Waals surface area contributed by atoms with Gasteiger partial charge in [0.2, 0.25) is 11.8 Å². The summed E-state index contributed by atoms with van der Waals surface area (Å²) in [5.74, 6) is -0.724. The third-order valence-corrected chi connectivity index (χ3v) is 4.26. The average molecular weight is 392 g/mol. The van der Waals surface area contributed by atoms with E-state index in [4.69, 9.17) is 9.15 Å². The first kappa shape index (κ1) is 18.4. The van der Waals surface area contributed by atoms with Gasteiger partial charge in [-0.3, -0.25) is 24.6 Å². The summed E-state index contributed by atoms with van der Waals surface area (Å²) in [5.41, 5.74) is 1.21. The molecule has 0 radical (unpaired) electrons. The van der Waals surface area contributed by atoms with E-state index in [9.17, 15) is 14.4 Å². The number of carbonyl (C=O) groups excluding carboxylic acids is 3. The smallest absolute Gasteiger partial charge is 0.322 e. The molecule has 146 valence electrons. The maximum absolute atomic E-state index is 12.3. The van der Waals surface area contributed by atoms with Crippen molar-refractivity contribution in [1.29, 1.82) is 0 Å². The van der Waals surface area contributed by atoms with Gasteiger partial charge in [0.1, 0.15) is 12.3 Å². The molecule has 9 nitrogen and oxygen atoms in total. The monoisotopic (exact) mass is 392 g/mol. The lowest BCUT2D eigenvalue weighted by molar-refractivity contribution is -0.116. The number of amides is 3. The predicted octanol–water partition coefficient (Wildman–Crippen LogP) is 2.37. The molecule has 1 aromatic heterocycles. The summed E-state index contributed by atoms with van der Waals surface area (Å²) in [7, 11) is 0. The molecule has 4 rings (SSSR count). The molecule has 9 heteroatoms. The Morgan fingerprint density at radius 3 is 2.31 bits per heavy atom. The zero-order valence-corrected chi connectivity index (χ0v) is 15.4. The lowest BCUT2D eigenvalue weighted by atomic mass is 10.1. The van der Waals surface area contributed by atoms with Gasteiger partial charge in [-0.25, -0.2) is 0 Å². The Balaban J connectivity index is 1.41. The fourth-order valence-corrected chi connectivity index (χ4v) is 2.94. The van der Waals surface area contributed by atoms with Crippen molar-refractivity contribution in [2.75, 3.05) is 18.5 Å². The Bertz CT molecular complexity index is 1060. The van der Waals surface area contributed by atoms with Crippen LogP contribution in [0.15, 0.2) is 52.9 Å². The van der Waals surface area contributed by atoms with Crippen LogP contribution in [0.4, 0.5) is 6.01 Å². The van der Waals surface area contributed by atoms with Crippen molar-refractivity contribution in [3.63, 3.8) is 0 Å². The highest BCUT2D eigenvalue weighted by Gasteiger charge is 2.36. The highest BCUT2D eigenvalue weighted by Crippen LogP contribution is 2.24. The zero-order valence-electron chi connectivity index (χ0n) is 15.4. The molecule has 2 aromatic carbocycles. The molecule has 0 saturated carbocycles. The predicted molar refractivity (Wildman–Crippen MR) is 101 cm³/mol. The molecule has 0 saturated heterocycles. The van der Waals surface area contributed by atoms with Gasteiger partial charge < -0.3 is 9.15 Å². The van der Waals surface area contributed by atoms with Gasteiger partial charge in [0.15, 0.2) is 0 Å². The van der Waals surface area contributed by atoms with E-state index in [0.29, 0.717) is 17.9 Å². The Labute approximate surface area is 165 Å². The molecular formula is C20H16N4O5. The van der Waals surface area contributed by atoms with E-state index in [0.717, 1.165) is 4.90 Å². The average Bonchev–Trinajstić information content (AvgIpc) is 3.28. The summed E-state index contributed by atoms with van der Waals surface area (Å²) in [5, 5.41) is 10.1. The van der Waals surface area contributed by atoms with Gasteiger partial charge in [-0.1, -0.05) is 17.2 Å². The van der Waals surface area contributed by atoms with Crippen LogP contribution >= 0.6 is 0 Å². The van der Waals surface area contributed by atoms with Crippen LogP contribution in [0.2, 0.25) is 0 Å². The Hall–Kier alpha value is -4.01. The summed E-state index contributed by atoms with van der Waals surface area (Å²) >= 11 is 0. The molecular weight excluding hydrogens is 376 g/mol. The third-order valence-electron chi connectivity index (χ3n) is 4.26. The SMILES string of the molecule is CCOc1ccc(-c2nnc(NC(=O)CN3C(=O)c4ccccc4C3=O)o2)cc1. The summed E-state index contributed by atoms with van der Waals surface area (Å²) in [4.78, 5) is 37.8. The van der Waals surface area contributed by atoms with Crippen LogP contribution in [-0.2, 0) is 4.79 Å². The van der Waals surface area contributed by atoms with E-state index in [2.05, 4.69) is 15.5 Å². The molecule has 1 aliphatic rings. The van der Waals surface area contributed by atoms with Crippen molar-refractivity contribution in [3.05, 3.63) is 59.7 Å². The second kappa shape index (κ2) is 7.55. The van der Waals surface area contributed by atoms with Crippen LogP contribution in [-0.4, -0.2) is 46.0 Å². The molecule has 0 atom stereocenters. The van der Waals surface area contributed by atoms with E-state index < -0.39 is 24.3 Å². The Morgan fingerprint density at radius 1 is 1.03 bits per heavy atom. The number of nitrogens with one attached hydrogen (secondary N) is 1. The summed E-state index contributed by atoms with van der Waals surface area (Å²) < 4.78 is 10.8. The summed E-state index contributed by atoms with van der Waals surface area (Å²) in [6.45, 7) is 2.00. The van der Waals surface area contributed by atoms with Crippen molar-refractivity contribution in [3.8, 4) is 17.2 Å². The normalized spacial score (nSPS) is 12.8. The summed E-state index contributed by atoms with van der Waals surface area (Å²) in [6, 6.07) is 13.3. The summed E-state index contributed by atoms with van der Waals surface area (Å²) in [6.07, 6.45) is 0. The van der Waals surface area contributed by atoms with Crippen LogP contribution in [0.1, 0.15) is 27.6 Å². The molecule has 0 spiro atoms. The number of benzene rings is 2. The first-order chi connectivity index (χ1) is 14.1. The van der Waals surface area contributed by atoms with Gasteiger partial charge in [0.05, 0.1) is 17.7 Å². The fraction of sp³-hybridized carbons (Fsp3) is 0.150. The Kier molecular flexibility index (Phi) is 4.78. The van der Waals surface area contributed by atoms with Gasteiger partial charge in [0.25, 0.3) is 11.8 Å². The second-order valence-electron chi connectivity index (χ2n) is 6.16. The number of carbonyl (C=O) groups is 3. The molecule has 3 aromatic rings. The maximum Gasteiger partial charge on any atom is 0.322 e. The van der Waals surface area contributed by atoms with Gasteiger partial charge in [-0.15, -0.1) is 5.10 Å². The largest absolute Gasteiger partial charge is 0.494 e. The van der Waals surface area contributed by atoms with Gasteiger partial charge in [-0.05, 0) is 43.3 Å². The molecule has 0 aliphatic carbocycles. The minimum absolute atomic E-state index is 0.129. The molecule has 1 N–H and O–H groups in total. The number of hydrogen-bond donors (Lipinski definition) is 1. The molecule has 2 heterocycles. The van der Waals surface area contributed by atoms with E-state index >= 15 is 0 Å². The number of fused-ring (bicyclic) bond motifs is 1. The Morgan fingerprint density at radius 2 is 1.69 bits per heavy atom. The second-order valence-corrected chi connectivity index (χ2v) is 6.16. The van der Waals surface area contributed by atoms with Gasteiger partial charge >= 0.3 is 6.01 Å². The number of anilines is 1. The molecule has 3 amide bonds. The standard InChI is InChI=1S/C20H16N4O5/c1-2-28-13-9-7-12(8-10-13)17-22-23-20(29-17)21-16(25)11-24-18(26)14-5-3-4-6-15(14)19(24)27/h3-10H,2,11H2,1H3,(H,21,23,25). The van der Waals surface area contributed by atoms with Crippen LogP contribution in [0, 0.1) is 0 Å². The van der Waals surface area contributed by atoms with Gasteiger partial charge in [-0.2, -0.15) is 0 Å². The molecule has 29 heavy (non-hydrogen) atoms. The minimum Gasteiger partial charge on any atom is -0.494 e. The fourth-order valence-electron chi connectivity index (χ4n) is 2.94. The van der Waals surface area contributed by atoms with E-state index in [1.807, 2.05) is 6.92 Å². The maximum atomic E-state index is 12.3. The highest BCUT2D eigenvalue weighted by atomic mass is 16.5. The number of imide groups is 1.